The quantitative estimate of drug-likeness (QED) is 0.533. The molecular formula is C21H26N4O2. The summed E-state index contributed by atoms with van der Waals surface area (Å²) in [5.74, 6) is 7.49. The number of rotatable bonds is 6. The predicted octanol–water partition coefficient (Wildman–Crippen LogP) is 3.60. The lowest BCUT2D eigenvalue weighted by Gasteiger charge is -2.18. The zero-order valence-corrected chi connectivity index (χ0v) is 16.5. The number of para-hydroxylation sites is 1. The first kappa shape index (κ1) is 18.8. The molecule has 2 N–H and O–H groups in total. The molecule has 0 aliphatic rings. The van der Waals surface area contributed by atoms with Crippen LogP contribution in [0.3, 0.4) is 0 Å². The topological polar surface area (TPSA) is 65.5 Å². The molecule has 27 heavy (non-hydrogen) atoms. The largest absolute Gasteiger partial charge is 0.489 e. The van der Waals surface area contributed by atoms with E-state index in [1.807, 2.05) is 51.4 Å². The Morgan fingerprint density at radius 3 is 2.52 bits per heavy atom. The Bertz CT molecular complexity index is 947. The molecular weight excluding hydrogens is 340 g/mol. The Morgan fingerprint density at radius 1 is 1.11 bits per heavy atom. The summed E-state index contributed by atoms with van der Waals surface area (Å²) in [6, 6.07) is 14.1. The summed E-state index contributed by atoms with van der Waals surface area (Å²) >= 11 is 0. The summed E-state index contributed by atoms with van der Waals surface area (Å²) in [6.45, 7) is 4.55. The average Bonchev–Trinajstić information content (AvgIpc) is 3.02. The highest BCUT2D eigenvalue weighted by atomic mass is 16.5. The van der Waals surface area contributed by atoms with E-state index in [-0.39, 0.29) is 0 Å². The van der Waals surface area contributed by atoms with Gasteiger partial charge in [0.1, 0.15) is 12.4 Å². The van der Waals surface area contributed by atoms with Crippen molar-refractivity contribution in [3.05, 3.63) is 59.2 Å². The van der Waals surface area contributed by atoms with Gasteiger partial charge in [0.05, 0.1) is 18.5 Å². The summed E-state index contributed by atoms with van der Waals surface area (Å²) in [5.41, 5.74) is 6.10. The Balaban J connectivity index is 1.85. The van der Waals surface area contributed by atoms with Gasteiger partial charge in [-0.15, -0.1) is 0 Å². The average molecular weight is 366 g/mol. The van der Waals surface area contributed by atoms with Crippen LogP contribution in [0.1, 0.15) is 16.7 Å². The second-order valence-electron chi connectivity index (χ2n) is 6.66. The monoisotopic (exact) mass is 366 g/mol. The van der Waals surface area contributed by atoms with Crippen LogP contribution in [0.4, 0.5) is 5.69 Å². The van der Waals surface area contributed by atoms with Gasteiger partial charge >= 0.3 is 0 Å². The van der Waals surface area contributed by atoms with Gasteiger partial charge in [-0.3, -0.25) is 0 Å². The molecule has 0 aliphatic heterocycles. The molecule has 0 bridgehead atoms. The number of hydrazine groups is 1. The van der Waals surface area contributed by atoms with Crippen LogP contribution in [0, 0.1) is 13.8 Å². The molecule has 142 valence electrons. The number of hydrogen-bond acceptors (Lipinski definition) is 5. The minimum absolute atomic E-state index is 0.453. The molecule has 0 atom stereocenters. The maximum atomic E-state index is 6.10. The van der Waals surface area contributed by atoms with E-state index < -0.39 is 0 Å². The van der Waals surface area contributed by atoms with Crippen molar-refractivity contribution in [3.63, 3.8) is 0 Å². The summed E-state index contributed by atoms with van der Waals surface area (Å²) in [7, 11) is 5.34. The third-order valence-corrected chi connectivity index (χ3v) is 4.60. The fourth-order valence-corrected chi connectivity index (χ4v) is 3.13. The van der Waals surface area contributed by atoms with E-state index in [4.69, 9.17) is 15.3 Å². The van der Waals surface area contributed by atoms with Gasteiger partial charge in [0, 0.05) is 31.3 Å². The van der Waals surface area contributed by atoms with Gasteiger partial charge in [0.15, 0.2) is 0 Å². The van der Waals surface area contributed by atoms with Crippen LogP contribution in [-0.4, -0.2) is 23.9 Å². The highest BCUT2D eigenvalue weighted by Crippen LogP contribution is 2.32. The third kappa shape index (κ3) is 3.90. The zero-order valence-electron chi connectivity index (χ0n) is 16.5. The maximum Gasteiger partial charge on any atom is 0.211 e. The Kier molecular flexibility index (Phi) is 5.37. The van der Waals surface area contributed by atoms with Crippen LogP contribution in [0.2, 0.25) is 0 Å². The molecule has 0 radical (unpaired) electrons. The van der Waals surface area contributed by atoms with Gasteiger partial charge in [-0.25, -0.2) is 10.5 Å². The minimum Gasteiger partial charge on any atom is -0.489 e. The molecule has 1 heterocycles. The first-order valence-corrected chi connectivity index (χ1v) is 8.79. The van der Waals surface area contributed by atoms with Crippen molar-refractivity contribution >= 4 is 5.69 Å². The Labute approximate surface area is 160 Å². The van der Waals surface area contributed by atoms with Gasteiger partial charge < -0.3 is 14.5 Å². The number of aryl methyl sites for hydroxylation is 3. The lowest BCUT2D eigenvalue weighted by atomic mass is 10.0. The first-order chi connectivity index (χ1) is 12.9. The molecule has 0 aliphatic carbocycles. The second kappa shape index (κ2) is 7.72. The summed E-state index contributed by atoms with van der Waals surface area (Å²) in [6.07, 6.45) is 0. The van der Waals surface area contributed by atoms with Gasteiger partial charge in [-0.05, 0) is 43.2 Å². The van der Waals surface area contributed by atoms with Crippen molar-refractivity contribution in [2.45, 2.75) is 20.5 Å². The summed E-state index contributed by atoms with van der Waals surface area (Å²) in [5, 5.41) is 6.14. The number of nitrogens with zero attached hydrogens (tertiary/aromatic N) is 3. The molecule has 1 aromatic heterocycles. The van der Waals surface area contributed by atoms with E-state index >= 15 is 0 Å². The number of aromatic nitrogens is 2. The van der Waals surface area contributed by atoms with E-state index in [2.05, 4.69) is 24.2 Å². The van der Waals surface area contributed by atoms with Crippen LogP contribution in [-0.2, 0) is 13.7 Å². The zero-order chi connectivity index (χ0) is 19.6. The number of nitrogens with two attached hydrogens (primary N) is 1. The van der Waals surface area contributed by atoms with E-state index in [9.17, 15) is 0 Å². The molecule has 0 unspecified atom stereocenters. The molecule has 3 aromatic rings. The smallest absolute Gasteiger partial charge is 0.211 e. The van der Waals surface area contributed by atoms with E-state index in [0.29, 0.717) is 6.61 Å². The lowest BCUT2D eigenvalue weighted by molar-refractivity contribution is 0.304. The number of hydrogen-bond donors (Lipinski definition) is 1. The SMILES string of the molecule is COc1cc(-c2cc(C)c(OCc3ccccc3N(C)N)cc2C)nn1C. The Morgan fingerprint density at radius 2 is 1.85 bits per heavy atom. The van der Waals surface area contributed by atoms with E-state index in [0.717, 1.165) is 45.3 Å². The first-order valence-electron chi connectivity index (χ1n) is 8.79. The van der Waals surface area contributed by atoms with Crippen LogP contribution in [0.5, 0.6) is 11.6 Å². The van der Waals surface area contributed by atoms with E-state index in [1.54, 1.807) is 16.8 Å². The minimum atomic E-state index is 0.453. The molecule has 2 aromatic carbocycles. The molecule has 0 fully saturated rings. The third-order valence-electron chi connectivity index (χ3n) is 4.60. The highest BCUT2D eigenvalue weighted by Gasteiger charge is 2.13. The molecule has 0 amide bonds. The van der Waals surface area contributed by atoms with Crippen molar-refractivity contribution in [2.24, 2.45) is 12.9 Å². The van der Waals surface area contributed by atoms with Gasteiger partial charge in [0.2, 0.25) is 5.88 Å². The number of anilines is 1. The molecule has 3 rings (SSSR count). The van der Waals surface area contributed by atoms with E-state index in [1.165, 1.54) is 0 Å². The number of ether oxygens (including phenoxy) is 2. The standard InChI is InChI=1S/C21H26N4O2/c1-14-11-20(27-13-16-8-6-7-9-19(16)24(3)22)15(2)10-17(14)18-12-21(26-5)25(4)23-18/h6-12H,13,22H2,1-5H3. The van der Waals surface area contributed by atoms with Crippen molar-refractivity contribution in [3.8, 4) is 22.9 Å². The molecule has 0 saturated carbocycles. The summed E-state index contributed by atoms with van der Waals surface area (Å²) in [4.78, 5) is 0. The van der Waals surface area contributed by atoms with Crippen molar-refractivity contribution in [2.75, 3.05) is 19.2 Å². The van der Waals surface area contributed by atoms with Crippen molar-refractivity contribution < 1.29 is 9.47 Å². The fourth-order valence-electron chi connectivity index (χ4n) is 3.13. The second-order valence-corrected chi connectivity index (χ2v) is 6.66. The molecule has 0 spiro atoms. The number of benzene rings is 2. The van der Waals surface area contributed by atoms with Crippen LogP contribution < -0.4 is 20.3 Å². The fraction of sp³-hybridized carbons (Fsp3) is 0.286. The van der Waals surface area contributed by atoms with Gasteiger partial charge in [0.25, 0.3) is 0 Å². The molecule has 0 saturated heterocycles. The van der Waals surface area contributed by atoms with Crippen LogP contribution in [0.25, 0.3) is 11.3 Å². The van der Waals surface area contributed by atoms with Crippen LogP contribution >= 0.6 is 0 Å². The normalized spacial score (nSPS) is 10.7. The highest BCUT2D eigenvalue weighted by molar-refractivity contribution is 5.67. The van der Waals surface area contributed by atoms with Crippen LogP contribution in [0.15, 0.2) is 42.5 Å². The number of methoxy groups -OCH3 is 1. The maximum absolute atomic E-state index is 6.10. The molecule has 6 nitrogen and oxygen atoms in total. The van der Waals surface area contributed by atoms with Gasteiger partial charge in [-0.2, -0.15) is 5.10 Å². The molecule has 6 heteroatoms. The summed E-state index contributed by atoms with van der Waals surface area (Å²) < 4.78 is 13.2. The van der Waals surface area contributed by atoms with Crippen molar-refractivity contribution in [1.29, 1.82) is 0 Å². The Hall–Kier alpha value is -2.99. The van der Waals surface area contributed by atoms with Gasteiger partial charge in [-0.1, -0.05) is 18.2 Å². The lowest BCUT2D eigenvalue weighted by Crippen LogP contribution is -2.26. The van der Waals surface area contributed by atoms with Crippen molar-refractivity contribution in [1.82, 2.24) is 9.78 Å². The predicted molar refractivity (Wildman–Crippen MR) is 108 cm³/mol.